The van der Waals surface area contributed by atoms with Crippen LogP contribution in [0.3, 0.4) is 0 Å². The van der Waals surface area contributed by atoms with Gasteiger partial charge in [-0.3, -0.25) is 0 Å². The number of nitrogens with one attached hydrogen (secondary N) is 1. The van der Waals surface area contributed by atoms with Crippen molar-refractivity contribution < 1.29 is 4.42 Å². The van der Waals surface area contributed by atoms with Gasteiger partial charge in [-0.2, -0.15) is 0 Å². The van der Waals surface area contributed by atoms with Crippen LogP contribution in [0.4, 0.5) is 11.7 Å². The highest BCUT2D eigenvalue weighted by Crippen LogP contribution is 2.26. The number of nitrogens with zero attached hydrogens (tertiary/aromatic N) is 2. The molecule has 2 aromatic rings. The van der Waals surface area contributed by atoms with Crippen molar-refractivity contribution in [2.75, 3.05) is 11.2 Å². The van der Waals surface area contributed by atoms with E-state index < -0.39 is 0 Å². The van der Waals surface area contributed by atoms with Crippen molar-refractivity contribution in [3.63, 3.8) is 0 Å². The second-order valence-electron chi connectivity index (χ2n) is 3.55. The highest BCUT2D eigenvalue weighted by molar-refractivity contribution is 9.10. The summed E-state index contributed by atoms with van der Waals surface area (Å²) < 4.78 is 6.33. The van der Waals surface area contributed by atoms with Gasteiger partial charge in [0.05, 0.1) is 5.69 Å². The van der Waals surface area contributed by atoms with Crippen LogP contribution in [0.25, 0.3) is 0 Å². The zero-order chi connectivity index (χ0) is 12.3. The minimum absolute atomic E-state index is 0.370. The molecule has 0 saturated carbocycles. The molecule has 4 nitrogen and oxygen atoms in total. The fourth-order valence-electron chi connectivity index (χ4n) is 1.32. The van der Waals surface area contributed by atoms with E-state index in [4.69, 9.17) is 16.0 Å². The molecule has 0 aliphatic heterocycles. The van der Waals surface area contributed by atoms with E-state index in [0.29, 0.717) is 24.2 Å². The first-order valence-corrected chi connectivity index (χ1v) is 6.43. The molecule has 2 rings (SSSR count). The van der Waals surface area contributed by atoms with E-state index in [9.17, 15) is 0 Å². The first-order valence-electron chi connectivity index (χ1n) is 5.10. The molecule has 1 aromatic carbocycles. The molecule has 0 bridgehead atoms. The van der Waals surface area contributed by atoms with Gasteiger partial charge < -0.3 is 9.73 Å². The lowest BCUT2D eigenvalue weighted by Crippen LogP contribution is -1.91. The van der Waals surface area contributed by atoms with Crippen molar-refractivity contribution in [1.29, 1.82) is 0 Å². The molecule has 0 saturated heterocycles. The molecule has 90 valence electrons. The van der Waals surface area contributed by atoms with Gasteiger partial charge in [0.25, 0.3) is 0 Å². The molecule has 1 N–H and O–H groups in total. The predicted octanol–water partition coefficient (Wildman–Crippen LogP) is 3.67. The zero-order valence-corrected chi connectivity index (χ0v) is 11.5. The highest BCUT2D eigenvalue weighted by Gasteiger charge is 2.07. The van der Waals surface area contributed by atoms with E-state index >= 15 is 0 Å². The third kappa shape index (κ3) is 3.20. The topological polar surface area (TPSA) is 51.0 Å². The van der Waals surface area contributed by atoms with Crippen molar-refractivity contribution in [3.8, 4) is 0 Å². The Bertz CT molecular complexity index is 515. The minimum atomic E-state index is 0.370. The molecule has 0 atom stereocenters. The zero-order valence-electron chi connectivity index (χ0n) is 9.20. The van der Waals surface area contributed by atoms with Crippen LogP contribution >= 0.6 is 27.5 Å². The van der Waals surface area contributed by atoms with Crippen LogP contribution in [0.2, 0.25) is 0 Å². The number of halogens is 2. The number of aromatic nitrogens is 2. The van der Waals surface area contributed by atoms with Crippen molar-refractivity contribution >= 4 is 39.2 Å². The minimum Gasteiger partial charge on any atom is -0.408 e. The smallest absolute Gasteiger partial charge is 0.320 e. The molecule has 0 amide bonds. The first-order chi connectivity index (χ1) is 8.19. The van der Waals surface area contributed by atoms with Crippen LogP contribution < -0.4 is 5.32 Å². The van der Waals surface area contributed by atoms with Gasteiger partial charge in [-0.25, -0.2) is 0 Å². The van der Waals surface area contributed by atoms with E-state index in [2.05, 4.69) is 31.4 Å². The maximum Gasteiger partial charge on any atom is 0.320 e. The summed E-state index contributed by atoms with van der Waals surface area (Å²) >= 11 is 9.06. The Morgan fingerprint density at radius 2 is 2.24 bits per heavy atom. The summed E-state index contributed by atoms with van der Waals surface area (Å²) in [5.41, 5.74) is 2.06. The standard InChI is InChI=1S/C11H11BrClN3O/c1-7-2-3-9(8(12)6-7)14-11-16-15-10(17-11)4-5-13/h2-3,6H,4-5H2,1H3,(H,14,16). The Labute approximate surface area is 113 Å². The van der Waals surface area contributed by atoms with Crippen LogP contribution in [0.1, 0.15) is 11.5 Å². The molecular formula is C11H11BrClN3O. The lowest BCUT2D eigenvalue weighted by atomic mass is 10.2. The second kappa shape index (κ2) is 5.51. The van der Waals surface area contributed by atoms with Crippen LogP contribution in [0, 0.1) is 6.92 Å². The van der Waals surface area contributed by atoms with Gasteiger partial charge in [-0.15, -0.1) is 16.7 Å². The van der Waals surface area contributed by atoms with E-state index in [1.807, 2.05) is 25.1 Å². The molecule has 6 heteroatoms. The SMILES string of the molecule is Cc1ccc(Nc2nnc(CCCl)o2)c(Br)c1. The number of anilines is 2. The number of alkyl halides is 1. The Kier molecular flexibility index (Phi) is 4.02. The average molecular weight is 317 g/mol. The molecule has 1 aromatic heterocycles. The molecule has 0 aliphatic rings. The summed E-state index contributed by atoms with van der Waals surface area (Å²) in [5, 5.41) is 10.8. The lowest BCUT2D eigenvalue weighted by molar-refractivity contribution is 0.516. The number of hydrogen-bond donors (Lipinski definition) is 1. The van der Waals surface area contributed by atoms with Crippen LogP contribution in [0.5, 0.6) is 0 Å². The molecule has 0 fully saturated rings. The maximum absolute atomic E-state index is 5.59. The summed E-state index contributed by atoms with van der Waals surface area (Å²) in [4.78, 5) is 0. The Hall–Kier alpha value is -1.07. The summed E-state index contributed by atoms with van der Waals surface area (Å²) in [7, 11) is 0. The van der Waals surface area contributed by atoms with Gasteiger partial charge in [0.1, 0.15) is 0 Å². The van der Waals surface area contributed by atoms with Crippen LogP contribution in [-0.2, 0) is 6.42 Å². The predicted molar refractivity (Wildman–Crippen MR) is 70.9 cm³/mol. The molecule has 0 unspecified atom stereocenters. The highest BCUT2D eigenvalue weighted by atomic mass is 79.9. The van der Waals surface area contributed by atoms with Crippen molar-refractivity contribution in [2.24, 2.45) is 0 Å². The molecular weight excluding hydrogens is 305 g/mol. The van der Waals surface area contributed by atoms with Gasteiger partial charge in [0.15, 0.2) is 0 Å². The quantitative estimate of drug-likeness (QED) is 0.875. The Morgan fingerprint density at radius 1 is 1.41 bits per heavy atom. The second-order valence-corrected chi connectivity index (χ2v) is 4.78. The van der Waals surface area contributed by atoms with Gasteiger partial charge >= 0.3 is 6.01 Å². The largest absolute Gasteiger partial charge is 0.408 e. The van der Waals surface area contributed by atoms with E-state index in [0.717, 1.165) is 10.2 Å². The Balaban J connectivity index is 2.13. The fourth-order valence-corrected chi connectivity index (χ4v) is 2.08. The molecule has 1 heterocycles. The number of rotatable bonds is 4. The first kappa shape index (κ1) is 12.4. The van der Waals surface area contributed by atoms with Crippen LogP contribution in [0.15, 0.2) is 27.1 Å². The Morgan fingerprint density at radius 3 is 2.94 bits per heavy atom. The van der Waals surface area contributed by atoms with E-state index in [-0.39, 0.29) is 0 Å². The van der Waals surface area contributed by atoms with Gasteiger partial charge in [0, 0.05) is 16.8 Å². The van der Waals surface area contributed by atoms with E-state index in [1.54, 1.807) is 0 Å². The average Bonchev–Trinajstić information content (AvgIpc) is 2.71. The third-order valence-corrected chi connectivity index (χ3v) is 2.99. The van der Waals surface area contributed by atoms with Crippen molar-refractivity contribution in [3.05, 3.63) is 34.1 Å². The van der Waals surface area contributed by atoms with Crippen LogP contribution in [-0.4, -0.2) is 16.1 Å². The maximum atomic E-state index is 5.59. The van der Waals surface area contributed by atoms with Gasteiger partial charge in [-0.05, 0) is 40.5 Å². The van der Waals surface area contributed by atoms with Crippen molar-refractivity contribution in [1.82, 2.24) is 10.2 Å². The lowest BCUT2D eigenvalue weighted by Gasteiger charge is -2.04. The van der Waals surface area contributed by atoms with E-state index in [1.165, 1.54) is 5.56 Å². The number of benzene rings is 1. The summed E-state index contributed by atoms with van der Waals surface area (Å²) in [6.07, 6.45) is 0.575. The summed E-state index contributed by atoms with van der Waals surface area (Å²) in [5.74, 6) is 1.00. The van der Waals surface area contributed by atoms with Crippen molar-refractivity contribution in [2.45, 2.75) is 13.3 Å². The van der Waals surface area contributed by atoms with Gasteiger partial charge in [-0.1, -0.05) is 11.2 Å². The number of hydrogen-bond acceptors (Lipinski definition) is 4. The fraction of sp³-hybridized carbons (Fsp3) is 0.273. The monoisotopic (exact) mass is 315 g/mol. The molecule has 0 spiro atoms. The third-order valence-electron chi connectivity index (χ3n) is 2.14. The molecule has 0 aliphatic carbocycles. The summed E-state index contributed by atoms with van der Waals surface area (Å²) in [6, 6.07) is 6.33. The van der Waals surface area contributed by atoms with Gasteiger partial charge in [0.2, 0.25) is 5.89 Å². The number of aryl methyl sites for hydroxylation is 2. The molecule has 0 radical (unpaired) electrons. The summed E-state index contributed by atoms with van der Waals surface area (Å²) in [6.45, 7) is 2.03. The normalized spacial score (nSPS) is 10.5. The molecule has 17 heavy (non-hydrogen) atoms.